The molecule has 5 amide bonds. The van der Waals surface area contributed by atoms with E-state index in [-0.39, 0.29) is 66.6 Å². The average Bonchev–Trinajstić information content (AvgIpc) is 1.61. The van der Waals surface area contributed by atoms with Gasteiger partial charge in [-0.15, -0.1) is 12.4 Å². The molecule has 9 heterocycles. The van der Waals surface area contributed by atoms with Crippen molar-refractivity contribution in [3.63, 3.8) is 0 Å². The number of hydrogen-bond acceptors (Lipinski definition) is 15. The molecular formula is C78H88ClF3N18O9Si2. The molecule has 0 aliphatic heterocycles. The molecule has 12 aromatic rings. The van der Waals surface area contributed by atoms with Crippen LogP contribution in [0.3, 0.4) is 0 Å². The van der Waals surface area contributed by atoms with Crippen molar-refractivity contribution in [2.24, 2.45) is 22.9 Å². The van der Waals surface area contributed by atoms with Crippen LogP contribution < -0.4 is 33.6 Å². The highest BCUT2D eigenvalue weighted by atomic mass is 35.5. The molecule has 15 rings (SSSR count). The van der Waals surface area contributed by atoms with E-state index < -0.39 is 51.7 Å². The molecule has 3 aromatic carbocycles. The number of nitrogens with one attached hydrogen (secondary N) is 3. The second-order valence-corrected chi connectivity index (χ2v) is 41.0. The Morgan fingerprint density at radius 3 is 1.15 bits per heavy atom. The third-order valence-electron chi connectivity index (χ3n) is 18.6. The second kappa shape index (κ2) is 34.7. The topological polar surface area (TPSA) is 385 Å². The molecule has 0 radical (unpaired) electrons. The first-order valence-electron chi connectivity index (χ1n) is 36.1. The van der Waals surface area contributed by atoms with Gasteiger partial charge in [0.25, 0.3) is 11.8 Å². The zero-order valence-corrected chi connectivity index (χ0v) is 65.0. The van der Waals surface area contributed by atoms with E-state index in [1.165, 1.54) is 55.0 Å². The Morgan fingerprint density at radius 2 is 0.820 bits per heavy atom. The van der Waals surface area contributed by atoms with Gasteiger partial charge in [0, 0.05) is 121 Å². The SMILES string of the molecule is C[Si](C)(C)CCOCn1nc(-c2ccc(F)cc2)c(-c2ccc3ncc(C(=O)NCC(N)=O)n3c2)c1C1CC1.C[Si](C)(C)CCOCn1nc(-c2ccc(F)cc2)c(-c2ccc3ncc(C(=O)O)n3c2)c1C1CC1.Cl.NC(=O)CNC(=O)c1cnc2ccc(-c3c(-c4ccc(F)cc4)n[nH]c3C3CC3)cn12.NCC(N)=O. The maximum atomic E-state index is 13.8. The summed E-state index contributed by atoms with van der Waals surface area (Å²) in [5.41, 5.74) is 35.0. The summed E-state index contributed by atoms with van der Waals surface area (Å²) in [4.78, 5) is 81.4. The van der Waals surface area contributed by atoms with Crippen LogP contribution in [-0.4, -0.2) is 148 Å². The molecule has 3 saturated carbocycles. The number of carboxylic acid groups (broad SMARTS) is 1. The molecule has 0 unspecified atom stereocenters. The minimum Gasteiger partial charge on any atom is -0.477 e. The third-order valence-corrected chi connectivity index (χ3v) is 22.0. The number of nitrogens with two attached hydrogens (primary N) is 4. The van der Waals surface area contributed by atoms with E-state index in [1.807, 2.05) is 58.2 Å². The minimum atomic E-state index is -1.24. The molecule has 9 aromatic heterocycles. The number of rotatable bonds is 27. The fraction of sp³-hybridized carbons (Fsp3) is 0.308. The van der Waals surface area contributed by atoms with E-state index in [4.69, 9.17) is 36.9 Å². The number of imidazole rings is 3. The monoisotopic (exact) mass is 1570 g/mol. The van der Waals surface area contributed by atoms with Crippen LogP contribution in [-0.2, 0) is 37.3 Å². The molecule has 3 fully saturated rings. The Bertz CT molecular complexity index is 5380. The highest BCUT2D eigenvalue weighted by Crippen LogP contribution is 2.50. The number of aromatic carboxylic acids is 1. The number of fused-ring (bicyclic) bond motifs is 3. The summed E-state index contributed by atoms with van der Waals surface area (Å²) in [7, 11) is -2.45. The predicted molar refractivity (Wildman–Crippen MR) is 421 cm³/mol. The van der Waals surface area contributed by atoms with Gasteiger partial charge in [0.15, 0.2) is 5.69 Å². The number of carboxylic acids is 1. The van der Waals surface area contributed by atoms with Crippen LogP contribution in [0.2, 0.25) is 51.4 Å². The van der Waals surface area contributed by atoms with Gasteiger partial charge in [-0.25, -0.2) is 42.3 Å². The normalized spacial score (nSPS) is 13.3. The van der Waals surface area contributed by atoms with Crippen LogP contribution in [0.1, 0.15) is 105 Å². The summed E-state index contributed by atoms with van der Waals surface area (Å²) >= 11 is 0. The van der Waals surface area contributed by atoms with Gasteiger partial charge in [-0.05, 0) is 160 Å². The maximum Gasteiger partial charge on any atom is 0.354 e. The number of nitrogens with zero attached hydrogens (tertiary/aromatic N) is 11. The van der Waals surface area contributed by atoms with E-state index in [9.17, 15) is 47.0 Å². The first kappa shape index (κ1) is 80.6. The molecule has 0 atom stereocenters. The molecule has 111 heavy (non-hydrogen) atoms. The van der Waals surface area contributed by atoms with Gasteiger partial charge < -0.3 is 48.1 Å². The molecule has 0 spiro atoms. The smallest absolute Gasteiger partial charge is 0.354 e. The van der Waals surface area contributed by atoms with Crippen molar-refractivity contribution in [1.29, 1.82) is 0 Å². The number of ether oxygens (including phenoxy) is 2. The van der Waals surface area contributed by atoms with Crippen molar-refractivity contribution in [2.75, 3.05) is 32.8 Å². The predicted octanol–water partition coefficient (Wildman–Crippen LogP) is 11.8. The number of H-pyrrole nitrogens is 1. The Balaban J connectivity index is 0.000000160. The van der Waals surface area contributed by atoms with Gasteiger partial charge in [-0.2, -0.15) is 15.3 Å². The van der Waals surface area contributed by atoms with Gasteiger partial charge in [0.2, 0.25) is 17.7 Å². The number of halogens is 4. The van der Waals surface area contributed by atoms with Crippen LogP contribution >= 0.6 is 12.4 Å². The average molecular weight is 1570 g/mol. The molecule has 0 bridgehead atoms. The summed E-state index contributed by atoms with van der Waals surface area (Å²) in [6.45, 7) is 15.4. The number of hydrogen-bond donors (Lipinski definition) is 8. The van der Waals surface area contributed by atoms with Crippen LogP contribution in [0.15, 0.2) is 146 Å². The van der Waals surface area contributed by atoms with Crippen LogP contribution in [0.4, 0.5) is 13.2 Å². The van der Waals surface area contributed by atoms with Crippen molar-refractivity contribution in [1.82, 2.24) is 68.5 Å². The number of pyridine rings is 3. The number of carbonyl (C=O) groups excluding carboxylic acids is 5. The highest BCUT2D eigenvalue weighted by molar-refractivity contribution is 6.76. The molecule has 3 aliphatic rings. The molecular weight excluding hydrogens is 1480 g/mol. The lowest BCUT2D eigenvalue weighted by molar-refractivity contribution is -0.117. The van der Waals surface area contributed by atoms with Crippen LogP contribution in [0.5, 0.6) is 0 Å². The lowest BCUT2D eigenvalue weighted by atomic mass is 9.98. The van der Waals surface area contributed by atoms with Gasteiger partial charge in [0.1, 0.15) is 76.3 Å². The Morgan fingerprint density at radius 1 is 0.486 bits per heavy atom. The van der Waals surface area contributed by atoms with Crippen molar-refractivity contribution in [3.8, 4) is 67.2 Å². The molecule has 0 saturated heterocycles. The zero-order valence-electron chi connectivity index (χ0n) is 62.2. The fourth-order valence-electron chi connectivity index (χ4n) is 12.5. The largest absolute Gasteiger partial charge is 0.477 e. The van der Waals surface area contributed by atoms with Gasteiger partial charge >= 0.3 is 5.97 Å². The van der Waals surface area contributed by atoms with Gasteiger partial charge in [-0.3, -0.25) is 42.3 Å². The summed E-state index contributed by atoms with van der Waals surface area (Å²) in [5, 5.41) is 32.2. The lowest BCUT2D eigenvalue weighted by Crippen LogP contribution is -2.33. The van der Waals surface area contributed by atoms with Crippen LogP contribution in [0, 0.1) is 17.5 Å². The van der Waals surface area contributed by atoms with Crippen molar-refractivity contribution < 1.29 is 56.5 Å². The maximum absolute atomic E-state index is 13.8. The zero-order chi connectivity index (χ0) is 78.3. The second-order valence-electron chi connectivity index (χ2n) is 29.8. The summed E-state index contributed by atoms with van der Waals surface area (Å²) < 4.78 is 61.9. The molecule has 27 nitrogen and oxygen atoms in total. The fourth-order valence-corrected chi connectivity index (χ4v) is 14.0. The van der Waals surface area contributed by atoms with Gasteiger partial charge in [-0.1, -0.05) is 39.3 Å². The summed E-state index contributed by atoms with van der Waals surface area (Å²) in [6.07, 6.45) is 16.1. The summed E-state index contributed by atoms with van der Waals surface area (Å²) in [6, 6.07) is 32.3. The minimum absolute atomic E-state index is 0. The van der Waals surface area contributed by atoms with E-state index in [0.29, 0.717) is 61.4 Å². The Labute approximate surface area is 644 Å². The third kappa shape index (κ3) is 20.0. The summed E-state index contributed by atoms with van der Waals surface area (Å²) in [5.74, 6) is -3.52. The highest BCUT2D eigenvalue weighted by Gasteiger charge is 2.37. The van der Waals surface area contributed by atoms with E-state index in [0.717, 1.165) is 135 Å². The van der Waals surface area contributed by atoms with E-state index in [1.54, 1.807) is 55.8 Å². The number of carbonyl (C=O) groups is 6. The Kier molecular flexibility index (Phi) is 25.2. The van der Waals surface area contributed by atoms with E-state index in [2.05, 4.69) is 80.8 Å². The number of benzene rings is 3. The number of aromatic nitrogens is 12. The Hall–Kier alpha value is -11.4. The molecule has 12 N–H and O–H groups in total. The van der Waals surface area contributed by atoms with Crippen LogP contribution in [0.25, 0.3) is 84.1 Å². The molecule has 33 heteroatoms. The lowest BCUT2D eigenvalue weighted by Gasteiger charge is -2.16. The standard InChI is InChI=1S/C28H33FN6O3Si.C26H29FN4O3Si.C22H19FN6O2.C2H6N2O.ClH/c1-39(2,3)13-12-38-17-35-27(19-4-5-19)25(26(33-35)18-6-9-21(29)10-7-18)20-8-11-24-31-14-22(34(24)16-20)28(37)32-15-23(30)36;1-35(2,3)13-12-34-16-31-25(18-4-5-18)23(24(29-31)17-6-9-20(27)10-7-17)19-8-11-22-28-14-21(26(32)33)30(22)15-19;23-15-6-3-13(4-7-15)21-19(20(27-28-21)12-1-2-12)14-5-8-18-25-9-16(29(18)11-14)22(31)26-10-17(24)30;3-1-2(4)5;/h6-11,14,16,19H,4-5,12-13,15,17H2,1-3H3,(H2,30,36)(H,32,37);6-11,14-15,18H,4-5,12-13,16H2,1-3H3,(H,32,33);3-9,11-12H,1-2,10H2,(H2,24,30)(H,26,31)(H,27,28);1,3H2,(H2,4,5);1H. The molecule has 580 valence electrons. The molecule has 3 aliphatic carbocycles. The number of primary amides is 3. The van der Waals surface area contributed by atoms with Gasteiger partial charge in [0.05, 0.1) is 49.6 Å². The number of aromatic amines is 1. The number of amides is 5. The van der Waals surface area contributed by atoms with E-state index >= 15 is 0 Å². The van der Waals surface area contributed by atoms with Crippen molar-refractivity contribution >= 4 is 81.0 Å². The first-order chi connectivity index (χ1) is 52.6. The quantitative estimate of drug-likeness (QED) is 0.0175. The van der Waals surface area contributed by atoms with Crippen molar-refractivity contribution in [3.05, 3.63) is 198 Å². The van der Waals surface area contributed by atoms with Crippen molar-refractivity contribution in [2.45, 2.75) is 121 Å². The first-order valence-corrected chi connectivity index (χ1v) is 43.5.